The molecule has 1 saturated heterocycles. The number of imidazole rings is 1. The van der Waals surface area contributed by atoms with Crippen molar-refractivity contribution in [1.82, 2.24) is 24.9 Å². The van der Waals surface area contributed by atoms with Gasteiger partial charge in [-0.3, -0.25) is 9.78 Å². The van der Waals surface area contributed by atoms with Crippen molar-refractivity contribution >= 4 is 11.6 Å². The average Bonchev–Trinajstić information content (AvgIpc) is 3.47. The number of halogens is 1. The third-order valence-corrected chi connectivity index (χ3v) is 6.74. The van der Waals surface area contributed by atoms with Gasteiger partial charge in [0, 0.05) is 18.0 Å². The number of benzene rings is 2. The minimum Gasteiger partial charge on any atom is -0.459 e. The molecule has 212 valence electrons. The lowest BCUT2D eigenvalue weighted by atomic mass is 9.91. The average molecular weight is 567 g/mol. The van der Waals surface area contributed by atoms with Crippen LogP contribution in [-0.4, -0.2) is 44.0 Å². The molecule has 0 unspecified atom stereocenters. The molecule has 2 N–H and O–H groups in total. The Morgan fingerprint density at radius 2 is 1.81 bits per heavy atom. The first kappa shape index (κ1) is 27.2. The Kier molecular flexibility index (Phi) is 7.67. The lowest BCUT2D eigenvalue weighted by Gasteiger charge is -2.35. The molecule has 0 spiro atoms. The number of aromatic amines is 1. The second-order valence-electron chi connectivity index (χ2n) is 10.1. The van der Waals surface area contributed by atoms with Gasteiger partial charge in [-0.05, 0) is 55.0 Å². The summed E-state index contributed by atoms with van der Waals surface area (Å²) in [4.78, 5) is 33.9. The lowest BCUT2D eigenvalue weighted by Crippen LogP contribution is -2.45. The Morgan fingerprint density at radius 3 is 2.55 bits per heavy atom. The smallest absolute Gasteiger partial charge is 0.317 e. The van der Waals surface area contributed by atoms with Gasteiger partial charge < -0.3 is 24.5 Å². The van der Waals surface area contributed by atoms with Crippen LogP contribution in [0.3, 0.4) is 0 Å². The fourth-order valence-corrected chi connectivity index (χ4v) is 4.39. The Bertz CT molecular complexity index is 1660. The first-order valence-electron chi connectivity index (χ1n) is 13.3. The quantitative estimate of drug-likeness (QED) is 0.258. The van der Waals surface area contributed by atoms with E-state index in [9.17, 15) is 9.18 Å². The Balaban J connectivity index is 1.24. The summed E-state index contributed by atoms with van der Waals surface area (Å²) in [5.74, 6) is -0.230. The lowest BCUT2D eigenvalue weighted by molar-refractivity contribution is -0.229. The van der Waals surface area contributed by atoms with Gasteiger partial charge in [0.2, 0.25) is 12.2 Å². The van der Waals surface area contributed by atoms with Crippen LogP contribution < -0.4 is 10.1 Å². The number of amides is 1. The molecule has 0 saturated carbocycles. The maximum atomic E-state index is 13.7. The molecular weight excluding hydrogens is 539 g/mol. The molecule has 42 heavy (non-hydrogen) atoms. The number of hydrogen-bond donors (Lipinski definition) is 2. The van der Waals surface area contributed by atoms with E-state index in [-0.39, 0.29) is 30.9 Å². The molecule has 1 amide bonds. The van der Waals surface area contributed by atoms with E-state index in [1.165, 1.54) is 12.1 Å². The Morgan fingerprint density at radius 1 is 1.02 bits per heavy atom. The van der Waals surface area contributed by atoms with Crippen molar-refractivity contribution in [1.29, 1.82) is 0 Å². The molecule has 6 rings (SSSR count). The molecule has 0 bridgehead atoms. The van der Waals surface area contributed by atoms with Gasteiger partial charge in [-0.25, -0.2) is 14.4 Å². The summed E-state index contributed by atoms with van der Waals surface area (Å²) >= 11 is 0. The summed E-state index contributed by atoms with van der Waals surface area (Å²) < 4.78 is 31.6. The Hall–Kier alpha value is -5.00. The van der Waals surface area contributed by atoms with Crippen LogP contribution in [0.25, 0.3) is 22.6 Å². The molecular formula is C31H27FN6O4. The zero-order chi connectivity index (χ0) is 28.9. The molecule has 5 aromatic rings. The minimum atomic E-state index is -0.931. The van der Waals surface area contributed by atoms with Gasteiger partial charge in [0.15, 0.2) is 5.82 Å². The number of ether oxygens (including phenoxy) is 3. The predicted octanol–water partition coefficient (Wildman–Crippen LogP) is 5.34. The molecule has 2 aromatic carbocycles. The zero-order valence-electron chi connectivity index (χ0n) is 22.7. The highest BCUT2D eigenvalue weighted by molar-refractivity contribution is 5.95. The number of carbonyl (C=O) groups excluding carboxylic acids is 1. The van der Waals surface area contributed by atoms with Crippen molar-refractivity contribution in [2.24, 2.45) is 5.41 Å². The standard InChI is InChI=1S/C31H27FN6O4/c1-31(29(39)35-23-8-5-14-33-16-23)18-41-28(42-19-31)27-37-25(21-9-11-22(32)12-10-21)26(38-27)24-13-15-34-30(36-24)40-17-20-6-3-2-4-7-20/h2-16,28H,17-19H2,1H3,(H,35,39)(H,37,38). The number of pyridine rings is 1. The van der Waals surface area contributed by atoms with Gasteiger partial charge in [-0.15, -0.1) is 0 Å². The number of nitrogens with one attached hydrogen (secondary N) is 2. The minimum absolute atomic E-state index is 0.0939. The topological polar surface area (TPSA) is 124 Å². The molecule has 1 fully saturated rings. The van der Waals surface area contributed by atoms with Crippen LogP contribution in [0, 0.1) is 11.2 Å². The molecule has 10 nitrogen and oxygen atoms in total. The van der Waals surface area contributed by atoms with Crippen LogP contribution in [0.4, 0.5) is 10.1 Å². The van der Waals surface area contributed by atoms with E-state index in [1.54, 1.807) is 55.8 Å². The summed E-state index contributed by atoms with van der Waals surface area (Å²) in [6.07, 6.45) is 3.93. The van der Waals surface area contributed by atoms with Crippen LogP contribution >= 0.6 is 0 Å². The first-order chi connectivity index (χ1) is 20.5. The van der Waals surface area contributed by atoms with Crippen LogP contribution in [-0.2, 0) is 20.9 Å². The number of hydrogen-bond acceptors (Lipinski definition) is 8. The van der Waals surface area contributed by atoms with Crippen LogP contribution in [0.2, 0.25) is 0 Å². The zero-order valence-corrected chi connectivity index (χ0v) is 22.7. The van der Waals surface area contributed by atoms with Crippen molar-refractivity contribution in [3.63, 3.8) is 0 Å². The largest absolute Gasteiger partial charge is 0.459 e. The van der Waals surface area contributed by atoms with Crippen molar-refractivity contribution in [2.75, 3.05) is 18.5 Å². The summed E-state index contributed by atoms with van der Waals surface area (Å²) in [6, 6.07) is 21.1. The van der Waals surface area contributed by atoms with E-state index in [0.717, 1.165) is 5.56 Å². The van der Waals surface area contributed by atoms with Gasteiger partial charge in [-0.1, -0.05) is 30.3 Å². The van der Waals surface area contributed by atoms with Crippen LogP contribution in [0.5, 0.6) is 6.01 Å². The van der Waals surface area contributed by atoms with Crippen LogP contribution in [0.15, 0.2) is 91.4 Å². The molecule has 3 aromatic heterocycles. The fourth-order valence-electron chi connectivity index (χ4n) is 4.39. The molecule has 11 heteroatoms. The van der Waals surface area contributed by atoms with Crippen molar-refractivity contribution < 1.29 is 23.4 Å². The SMILES string of the molecule is CC1(C(=O)Nc2cccnc2)COC(c2nc(-c3ccc(F)cc3)c(-c3ccnc(OCc4ccccc4)n3)[nH]2)OC1. The van der Waals surface area contributed by atoms with E-state index >= 15 is 0 Å². The molecule has 4 heterocycles. The normalized spacial score (nSPS) is 18.4. The summed E-state index contributed by atoms with van der Waals surface area (Å²) in [5.41, 5.74) is 2.89. The van der Waals surface area contributed by atoms with Gasteiger partial charge in [0.05, 0.1) is 47.6 Å². The second kappa shape index (κ2) is 11.9. The monoisotopic (exact) mass is 566 g/mol. The number of nitrogens with zero attached hydrogens (tertiary/aromatic N) is 4. The third kappa shape index (κ3) is 6.02. The number of carbonyl (C=O) groups is 1. The third-order valence-electron chi connectivity index (χ3n) is 6.74. The van der Waals surface area contributed by atoms with Gasteiger partial charge >= 0.3 is 6.01 Å². The Labute approximate surface area is 241 Å². The van der Waals surface area contributed by atoms with Crippen LogP contribution in [0.1, 0.15) is 24.6 Å². The van der Waals surface area contributed by atoms with Gasteiger partial charge in [0.25, 0.3) is 0 Å². The number of H-pyrrole nitrogens is 1. The van der Waals surface area contributed by atoms with E-state index in [2.05, 4.69) is 25.3 Å². The second-order valence-corrected chi connectivity index (χ2v) is 10.1. The molecule has 0 radical (unpaired) electrons. The van der Waals surface area contributed by atoms with E-state index in [4.69, 9.17) is 19.2 Å². The number of rotatable bonds is 8. The van der Waals surface area contributed by atoms with Crippen molar-refractivity contribution in [3.8, 4) is 28.7 Å². The highest BCUT2D eigenvalue weighted by atomic mass is 19.1. The summed E-state index contributed by atoms with van der Waals surface area (Å²) in [5, 5.41) is 2.85. The van der Waals surface area contributed by atoms with E-state index in [0.29, 0.717) is 40.8 Å². The number of aromatic nitrogens is 5. The van der Waals surface area contributed by atoms with E-state index < -0.39 is 11.7 Å². The predicted molar refractivity (Wildman–Crippen MR) is 151 cm³/mol. The first-order valence-corrected chi connectivity index (χ1v) is 13.3. The van der Waals surface area contributed by atoms with Gasteiger partial charge in [0.1, 0.15) is 12.4 Å². The molecule has 0 atom stereocenters. The maximum absolute atomic E-state index is 13.7. The van der Waals surface area contributed by atoms with Crippen molar-refractivity contribution in [2.45, 2.75) is 19.8 Å². The van der Waals surface area contributed by atoms with Gasteiger partial charge in [-0.2, -0.15) is 4.98 Å². The molecule has 0 aliphatic carbocycles. The van der Waals surface area contributed by atoms with E-state index in [1.807, 2.05) is 30.3 Å². The number of anilines is 1. The summed E-state index contributed by atoms with van der Waals surface area (Å²) in [6.45, 7) is 2.26. The summed E-state index contributed by atoms with van der Waals surface area (Å²) in [7, 11) is 0. The fraction of sp³-hybridized carbons (Fsp3) is 0.194. The maximum Gasteiger partial charge on any atom is 0.317 e. The molecule has 1 aliphatic heterocycles. The highest BCUT2D eigenvalue weighted by Crippen LogP contribution is 2.36. The highest BCUT2D eigenvalue weighted by Gasteiger charge is 2.41. The molecule has 1 aliphatic rings. The van der Waals surface area contributed by atoms with Crippen molar-refractivity contribution in [3.05, 3.63) is 109 Å².